The van der Waals surface area contributed by atoms with E-state index < -0.39 is 0 Å². The summed E-state index contributed by atoms with van der Waals surface area (Å²) >= 11 is 0. The van der Waals surface area contributed by atoms with E-state index in [2.05, 4.69) is 10.2 Å². The zero-order valence-electron chi connectivity index (χ0n) is 11.2. The average molecular weight is 264 g/mol. The Kier molecular flexibility index (Phi) is 3.74. The number of hydrogen-bond donors (Lipinski definition) is 2. The number of nitrogens with one attached hydrogen (secondary N) is 2. The summed E-state index contributed by atoms with van der Waals surface area (Å²) in [5, 5.41) is 5.22. The van der Waals surface area contributed by atoms with Gasteiger partial charge in [-0.3, -0.25) is 9.89 Å². The zero-order chi connectivity index (χ0) is 14.0. The minimum absolute atomic E-state index is 0.0000117. The summed E-state index contributed by atoms with van der Waals surface area (Å²) in [6, 6.07) is 4.72. The van der Waals surface area contributed by atoms with E-state index >= 15 is 0 Å². The number of benzene rings is 1. The molecule has 2 rings (SSSR count). The van der Waals surface area contributed by atoms with Gasteiger partial charge in [-0.25, -0.2) is 4.39 Å². The van der Waals surface area contributed by atoms with Gasteiger partial charge in [0.25, 0.3) is 5.56 Å². The molecule has 0 fully saturated rings. The monoisotopic (exact) mass is 264 g/mol. The van der Waals surface area contributed by atoms with E-state index in [1.54, 1.807) is 19.1 Å². The van der Waals surface area contributed by atoms with E-state index in [9.17, 15) is 9.18 Å². The summed E-state index contributed by atoms with van der Waals surface area (Å²) in [4.78, 5) is 11.5. The third-order valence-corrected chi connectivity index (χ3v) is 2.85. The highest BCUT2D eigenvalue weighted by Gasteiger charge is 2.11. The lowest BCUT2D eigenvalue weighted by Crippen LogP contribution is -2.09. The van der Waals surface area contributed by atoms with Crippen molar-refractivity contribution >= 4 is 0 Å². The molecule has 0 saturated carbocycles. The van der Waals surface area contributed by atoms with Crippen LogP contribution < -0.4 is 10.3 Å². The van der Waals surface area contributed by atoms with Crippen LogP contribution in [0.4, 0.5) is 4.39 Å². The molecule has 0 amide bonds. The Bertz CT molecular complexity index is 629. The molecule has 0 atom stereocenters. The number of ether oxygens (including phenoxy) is 1. The molecule has 2 N–H and O–H groups in total. The molecular weight excluding hydrogens is 247 g/mol. The first-order valence-electron chi connectivity index (χ1n) is 6.18. The molecule has 19 heavy (non-hydrogen) atoms. The molecule has 0 bridgehead atoms. The first kappa shape index (κ1) is 13.4. The fourth-order valence-electron chi connectivity index (χ4n) is 1.89. The number of rotatable bonds is 4. The predicted molar refractivity (Wildman–Crippen MR) is 71.1 cm³/mol. The van der Waals surface area contributed by atoms with E-state index in [4.69, 9.17) is 4.74 Å². The van der Waals surface area contributed by atoms with Gasteiger partial charge in [-0.05, 0) is 32.4 Å². The minimum atomic E-state index is -0.363. The van der Waals surface area contributed by atoms with E-state index in [0.29, 0.717) is 16.9 Å². The van der Waals surface area contributed by atoms with Crippen LogP contribution in [0.1, 0.15) is 30.7 Å². The van der Waals surface area contributed by atoms with Gasteiger partial charge in [0.15, 0.2) is 0 Å². The van der Waals surface area contributed by atoms with Crippen molar-refractivity contribution in [3.05, 3.63) is 51.2 Å². The lowest BCUT2D eigenvalue weighted by molar-refractivity contribution is 0.241. The Morgan fingerprint density at radius 3 is 2.58 bits per heavy atom. The molecule has 0 aliphatic heterocycles. The third-order valence-electron chi connectivity index (χ3n) is 2.85. The number of aromatic amines is 2. The van der Waals surface area contributed by atoms with Gasteiger partial charge >= 0.3 is 0 Å². The van der Waals surface area contributed by atoms with Crippen molar-refractivity contribution < 1.29 is 9.13 Å². The summed E-state index contributed by atoms with van der Waals surface area (Å²) in [7, 11) is 0. The lowest BCUT2D eigenvalue weighted by atomic mass is 10.1. The first-order chi connectivity index (χ1) is 8.97. The van der Waals surface area contributed by atoms with Crippen molar-refractivity contribution in [1.82, 2.24) is 10.2 Å². The molecule has 0 aliphatic carbocycles. The largest absolute Gasteiger partial charge is 0.491 e. The second-order valence-electron chi connectivity index (χ2n) is 4.78. The van der Waals surface area contributed by atoms with Crippen molar-refractivity contribution in [1.29, 1.82) is 0 Å². The number of aryl methyl sites for hydroxylation is 1. The third kappa shape index (κ3) is 3.05. The number of halogens is 1. The van der Waals surface area contributed by atoms with Crippen LogP contribution in [-0.4, -0.2) is 16.3 Å². The van der Waals surface area contributed by atoms with Crippen LogP contribution in [0.25, 0.3) is 0 Å². The van der Waals surface area contributed by atoms with Crippen LogP contribution in [0.5, 0.6) is 5.75 Å². The second kappa shape index (κ2) is 5.30. The fraction of sp³-hybridized carbons (Fsp3) is 0.357. The minimum Gasteiger partial charge on any atom is -0.491 e. The normalized spacial score (nSPS) is 11.0. The van der Waals surface area contributed by atoms with Gasteiger partial charge in [-0.15, -0.1) is 0 Å². The van der Waals surface area contributed by atoms with Gasteiger partial charge in [0, 0.05) is 23.7 Å². The van der Waals surface area contributed by atoms with Gasteiger partial charge in [0.05, 0.1) is 6.10 Å². The van der Waals surface area contributed by atoms with Crippen LogP contribution in [0.15, 0.2) is 23.0 Å². The molecule has 1 aromatic carbocycles. The highest BCUT2D eigenvalue weighted by Crippen LogP contribution is 2.20. The summed E-state index contributed by atoms with van der Waals surface area (Å²) in [6.45, 7) is 5.55. The summed E-state index contributed by atoms with van der Waals surface area (Å²) < 4.78 is 19.4. The molecule has 4 nitrogen and oxygen atoms in total. The molecule has 2 aromatic rings. The zero-order valence-corrected chi connectivity index (χ0v) is 11.2. The molecule has 0 spiro atoms. The van der Waals surface area contributed by atoms with Crippen molar-refractivity contribution in [2.45, 2.75) is 33.3 Å². The van der Waals surface area contributed by atoms with E-state index in [1.165, 1.54) is 6.07 Å². The summed E-state index contributed by atoms with van der Waals surface area (Å²) in [6.07, 6.45) is 0.262. The van der Waals surface area contributed by atoms with Gasteiger partial charge in [-0.2, -0.15) is 0 Å². The first-order valence-corrected chi connectivity index (χ1v) is 6.18. The molecule has 0 aliphatic rings. The number of aromatic nitrogens is 2. The van der Waals surface area contributed by atoms with Crippen LogP contribution in [-0.2, 0) is 6.42 Å². The van der Waals surface area contributed by atoms with Gasteiger partial charge < -0.3 is 9.84 Å². The maximum Gasteiger partial charge on any atom is 0.267 e. The summed E-state index contributed by atoms with van der Waals surface area (Å²) in [5.74, 6) is 0.133. The van der Waals surface area contributed by atoms with E-state index in [1.807, 2.05) is 13.8 Å². The van der Waals surface area contributed by atoms with Gasteiger partial charge in [-0.1, -0.05) is 6.07 Å². The van der Waals surface area contributed by atoms with Crippen LogP contribution >= 0.6 is 0 Å². The van der Waals surface area contributed by atoms with Crippen molar-refractivity contribution in [2.75, 3.05) is 0 Å². The SMILES string of the molecule is Cc1[nH][nH]c(=O)c1Cc1ccc(OC(C)C)cc1F. The maximum atomic E-state index is 14.0. The predicted octanol–water partition coefficient (Wildman–Crippen LogP) is 2.53. The molecule has 102 valence electrons. The molecule has 1 aromatic heterocycles. The van der Waals surface area contributed by atoms with Gasteiger partial charge in [0.2, 0.25) is 0 Å². The Morgan fingerprint density at radius 1 is 1.32 bits per heavy atom. The standard InChI is InChI=1S/C14H17FN2O2/c1-8(2)19-11-5-4-10(13(15)7-11)6-12-9(3)16-17-14(12)18/h4-5,7-8H,6H2,1-3H3,(H2,16,17,18). The fourth-order valence-corrected chi connectivity index (χ4v) is 1.89. The molecule has 5 heteroatoms. The molecule has 0 unspecified atom stereocenters. The Hall–Kier alpha value is -2.04. The quantitative estimate of drug-likeness (QED) is 0.891. The molecule has 0 radical (unpaired) electrons. The lowest BCUT2D eigenvalue weighted by Gasteiger charge is -2.10. The van der Waals surface area contributed by atoms with Crippen molar-refractivity contribution in [3.8, 4) is 5.75 Å². The van der Waals surface area contributed by atoms with Crippen molar-refractivity contribution in [3.63, 3.8) is 0 Å². The molecule has 1 heterocycles. The Morgan fingerprint density at radius 2 is 2.05 bits per heavy atom. The Labute approximate surface area is 110 Å². The van der Waals surface area contributed by atoms with Crippen LogP contribution in [0.2, 0.25) is 0 Å². The van der Waals surface area contributed by atoms with E-state index in [0.717, 1.165) is 5.69 Å². The van der Waals surface area contributed by atoms with Crippen molar-refractivity contribution in [2.24, 2.45) is 0 Å². The maximum absolute atomic E-state index is 14.0. The van der Waals surface area contributed by atoms with E-state index in [-0.39, 0.29) is 23.9 Å². The van der Waals surface area contributed by atoms with Crippen LogP contribution in [0, 0.1) is 12.7 Å². The smallest absolute Gasteiger partial charge is 0.267 e. The summed E-state index contributed by atoms with van der Waals surface area (Å²) in [5.41, 5.74) is 1.55. The number of H-pyrrole nitrogens is 2. The van der Waals surface area contributed by atoms with Gasteiger partial charge in [0.1, 0.15) is 11.6 Å². The molecular formula is C14H17FN2O2. The highest BCUT2D eigenvalue weighted by atomic mass is 19.1. The Balaban J connectivity index is 2.25. The molecule has 0 saturated heterocycles. The number of hydrogen-bond acceptors (Lipinski definition) is 2. The second-order valence-corrected chi connectivity index (χ2v) is 4.78. The average Bonchev–Trinajstić information content (AvgIpc) is 2.63. The van der Waals surface area contributed by atoms with Crippen LogP contribution in [0.3, 0.4) is 0 Å². The topological polar surface area (TPSA) is 57.9 Å². The highest BCUT2D eigenvalue weighted by molar-refractivity contribution is 5.33.